The summed E-state index contributed by atoms with van der Waals surface area (Å²) in [7, 11) is 0. The smallest absolute Gasteiger partial charge is 0.241 e. The van der Waals surface area contributed by atoms with Gasteiger partial charge in [0.05, 0.1) is 16.2 Å². The highest BCUT2D eigenvalue weighted by molar-refractivity contribution is 9.10. The lowest BCUT2D eigenvalue weighted by molar-refractivity contribution is -0.117. The maximum Gasteiger partial charge on any atom is 0.241 e. The van der Waals surface area contributed by atoms with Crippen LogP contribution in [-0.4, -0.2) is 16.9 Å². The van der Waals surface area contributed by atoms with Crippen LogP contribution in [0.3, 0.4) is 0 Å². The number of hydrogen-bond acceptors (Lipinski definition) is 3. The molecule has 1 amide bonds. The van der Waals surface area contributed by atoms with Gasteiger partial charge in [0.25, 0.3) is 0 Å². The third-order valence-corrected chi connectivity index (χ3v) is 2.87. The van der Waals surface area contributed by atoms with Crippen LogP contribution in [-0.2, 0) is 4.79 Å². The molecule has 0 bridgehead atoms. The van der Waals surface area contributed by atoms with Gasteiger partial charge in [-0.3, -0.25) is 9.78 Å². The van der Waals surface area contributed by atoms with Crippen LogP contribution in [0.25, 0.3) is 0 Å². The molecule has 0 aliphatic carbocycles. The number of unbranched alkanes of at least 4 members (excludes halogenated alkanes) is 1. The minimum Gasteiger partial charge on any atom is -0.324 e. The summed E-state index contributed by atoms with van der Waals surface area (Å²) in [6.07, 6.45) is 5.97. The molecule has 0 saturated carbocycles. The minimum atomic E-state index is -0.444. The zero-order valence-corrected chi connectivity index (χ0v) is 10.8. The molecule has 0 aliphatic heterocycles. The molecule has 3 N–H and O–H groups in total. The number of aromatic nitrogens is 1. The Morgan fingerprint density at radius 1 is 1.69 bits per heavy atom. The lowest BCUT2D eigenvalue weighted by Gasteiger charge is -2.12. The Labute approximate surface area is 104 Å². The first-order valence-corrected chi connectivity index (χ1v) is 6.10. The second-order valence-electron chi connectivity index (χ2n) is 3.59. The lowest BCUT2D eigenvalue weighted by Crippen LogP contribution is -2.35. The number of anilines is 1. The molecule has 5 heteroatoms. The lowest BCUT2D eigenvalue weighted by atomic mass is 10.1. The minimum absolute atomic E-state index is 0.152. The Bertz CT molecular complexity index is 357. The third-order valence-electron chi connectivity index (χ3n) is 2.24. The molecule has 0 aromatic carbocycles. The highest BCUT2D eigenvalue weighted by atomic mass is 79.9. The van der Waals surface area contributed by atoms with E-state index in [-0.39, 0.29) is 5.91 Å². The van der Waals surface area contributed by atoms with Crippen LogP contribution in [0.15, 0.2) is 22.9 Å². The second-order valence-corrected chi connectivity index (χ2v) is 4.45. The van der Waals surface area contributed by atoms with Crippen LogP contribution in [0.4, 0.5) is 5.69 Å². The summed E-state index contributed by atoms with van der Waals surface area (Å²) < 4.78 is 0.756. The number of pyridine rings is 1. The predicted octanol–water partition coefficient (Wildman–Crippen LogP) is 2.30. The number of hydrogen-bond donors (Lipinski definition) is 2. The fourth-order valence-corrected chi connectivity index (χ4v) is 1.61. The Kier molecular flexibility index (Phi) is 5.42. The van der Waals surface area contributed by atoms with E-state index < -0.39 is 6.04 Å². The van der Waals surface area contributed by atoms with Crippen molar-refractivity contribution in [2.24, 2.45) is 5.73 Å². The summed E-state index contributed by atoms with van der Waals surface area (Å²) in [6, 6.07) is 1.29. The number of nitrogens with two attached hydrogens (primary N) is 1. The van der Waals surface area contributed by atoms with E-state index in [4.69, 9.17) is 5.73 Å². The van der Waals surface area contributed by atoms with Gasteiger partial charge in [-0.05, 0) is 28.4 Å². The van der Waals surface area contributed by atoms with Gasteiger partial charge in [-0.25, -0.2) is 0 Å². The normalized spacial score (nSPS) is 12.2. The van der Waals surface area contributed by atoms with Gasteiger partial charge in [0, 0.05) is 12.4 Å². The molecule has 88 valence electrons. The van der Waals surface area contributed by atoms with Crippen LogP contribution >= 0.6 is 15.9 Å². The van der Waals surface area contributed by atoms with Crippen molar-refractivity contribution in [2.75, 3.05) is 5.32 Å². The van der Waals surface area contributed by atoms with Crippen molar-refractivity contribution in [3.8, 4) is 0 Å². The van der Waals surface area contributed by atoms with Crippen molar-refractivity contribution < 1.29 is 4.79 Å². The van der Waals surface area contributed by atoms with Crippen molar-refractivity contribution in [1.82, 2.24) is 4.98 Å². The molecule has 1 unspecified atom stereocenters. The molecule has 1 aromatic rings. The first-order valence-electron chi connectivity index (χ1n) is 5.31. The highest BCUT2D eigenvalue weighted by Crippen LogP contribution is 2.20. The molecule has 1 heterocycles. The van der Waals surface area contributed by atoms with Crippen molar-refractivity contribution in [2.45, 2.75) is 32.2 Å². The van der Waals surface area contributed by atoms with Gasteiger partial charge >= 0.3 is 0 Å². The molecule has 1 aromatic heterocycles. The van der Waals surface area contributed by atoms with E-state index in [0.29, 0.717) is 12.1 Å². The van der Waals surface area contributed by atoms with Crippen molar-refractivity contribution in [1.29, 1.82) is 0 Å². The van der Waals surface area contributed by atoms with Crippen molar-refractivity contribution in [3.05, 3.63) is 22.9 Å². The molecule has 0 fully saturated rings. The summed E-state index contributed by atoms with van der Waals surface area (Å²) in [5.74, 6) is -0.152. The van der Waals surface area contributed by atoms with Gasteiger partial charge in [0.1, 0.15) is 0 Å². The van der Waals surface area contributed by atoms with E-state index in [9.17, 15) is 4.79 Å². The van der Waals surface area contributed by atoms with Gasteiger partial charge in [-0.15, -0.1) is 0 Å². The zero-order chi connectivity index (χ0) is 12.0. The van der Waals surface area contributed by atoms with Crippen molar-refractivity contribution >= 4 is 27.5 Å². The Balaban J connectivity index is 2.54. The van der Waals surface area contributed by atoms with Gasteiger partial charge in [0.15, 0.2) is 0 Å². The molecule has 0 saturated heterocycles. The Morgan fingerprint density at radius 3 is 3.06 bits per heavy atom. The van der Waals surface area contributed by atoms with E-state index in [1.54, 1.807) is 18.5 Å². The zero-order valence-electron chi connectivity index (χ0n) is 9.24. The summed E-state index contributed by atoms with van der Waals surface area (Å²) in [5, 5.41) is 2.77. The fraction of sp³-hybridized carbons (Fsp3) is 0.455. The van der Waals surface area contributed by atoms with Gasteiger partial charge in [0.2, 0.25) is 5.91 Å². The molecule has 0 aliphatic rings. The molecule has 0 radical (unpaired) electrons. The number of nitrogens with zero attached hydrogens (tertiary/aromatic N) is 1. The van der Waals surface area contributed by atoms with Gasteiger partial charge in [-0.2, -0.15) is 0 Å². The SMILES string of the molecule is CCCCC(N)C(=O)Nc1ccncc1Br. The summed E-state index contributed by atoms with van der Waals surface area (Å²) in [6.45, 7) is 2.07. The predicted molar refractivity (Wildman–Crippen MR) is 68.1 cm³/mol. The molecular weight excluding hydrogens is 270 g/mol. The summed E-state index contributed by atoms with van der Waals surface area (Å²) in [4.78, 5) is 15.6. The number of carbonyl (C=O) groups excluding carboxylic acids is 1. The number of halogens is 1. The molecule has 16 heavy (non-hydrogen) atoms. The van der Waals surface area contributed by atoms with Gasteiger partial charge in [-0.1, -0.05) is 19.8 Å². The highest BCUT2D eigenvalue weighted by Gasteiger charge is 2.13. The Morgan fingerprint density at radius 2 is 2.44 bits per heavy atom. The van der Waals surface area contributed by atoms with Crippen molar-refractivity contribution in [3.63, 3.8) is 0 Å². The molecule has 0 spiro atoms. The largest absolute Gasteiger partial charge is 0.324 e. The molecule has 1 atom stereocenters. The number of rotatable bonds is 5. The number of amides is 1. The van der Waals surface area contributed by atoms with Crippen LogP contribution < -0.4 is 11.1 Å². The Hall–Kier alpha value is -0.940. The van der Waals surface area contributed by atoms with Crippen LogP contribution in [0.1, 0.15) is 26.2 Å². The molecular formula is C11H16BrN3O. The van der Waals surface area contributed by atoms with Crippen LogP contribution in [0.2, 0.25) is 0 Å². The van der Waals surface area contributed by atoms with Gasteiger partial charge < -0.3 is 11.1 Å². The summed E-state index contributed by atoms with van der Waals surface area (Å²) in [5.41, 5.74) is 6.46. The van der Waals surface area contributed by atoms with E-state index >= 15 is 0 Å². The number of nitrogens with one attached hydrogen (secondary N) is 1. The standard InChI is InChI=1S/C11H16BrN3O/c1-2-3-4-9(13)11(16)15-10-5-6-14-7-8(10)12/h5-7,9H,2-4,13H2,1H3,(H,14,15,16). The average Bonchev–Trinajstić information content (AvgIpc) is 2.28. The maximum atomic E-state index is 11.7. The van der Waals surface area contributed by atoms with E-state index in [1.165, 1.54) is 0 Å². The fourth-order valence-electron chi connectivity index (χ4n) is 1.26. The van der Waals surface area contributed by atoms with Crippen LogP contribution in [0, 0.1) is 0 Å². The topological polar surface area (TPSA) is 68.0 Å². The average molecular weight is 286 g/mol. The van der Waals surface area contributed by atoms with Crippen LogP contribution in [0.5, 0.6) is 0 Å². The second kappa shape index (κ2) is 6.60. The summed E-state index contributed by atoms with van der Waals surface area (Å²) >= 11 is 3.31. The van der Waals surface area contributed by atoms with E-state index in [2.05, 4.69) is 33.2 Å². The monoisotopic (exact) mass is 285 g/mol. The molecule has 1 rings (SSSR count). The number of carbonyl (C=O) groups is 1. The van der Waals surface area contributed by atoms with E-state index in [0.717, 1.165) is 17.3 Å². The van der Waals surface area contributed by atoms with E-state index in [1.807, 2.05) is 0 Å². The maximum absolute atomic E-state index is 11.7. The first kappa shape index (κ1) is 13.1. The third kappa shape index (κ3) is 3.90. The quantitative estimate of drug-likeness (QED) is 0.872. The first-order chi connectivity index (χ1) is 7.65. The molecule has 4 nitrogen and oxygen atoms in total.